The first-order valence-electron chi connectivity index (χ1n) is 9.97. The lowest BCUT2D eigenvalue weighted by atomic mass is 10.2. The molecule has 7 heteroatoms. The van der Waals surface area contributed by atoms with Crippen LogP contribution in [-0.4, -0.2) is 43.5 Å². The number of hydrogen-bond donors (Lipinski definition) is 3. The highest BCUT2D eigenvalue weighted by Crippen LogP contribution is 2.18. The van der Waals surface area contributed by atoms with Crippen molar-refractivity contribution in [2.24, 2.45) is 5.92 Å². The topological polar surface area (TPSA) is 61.4 Å². The Hall–Kier alpha value is -2.12. The van der Waals surface area contributed by atoms with E-state index in [1.165, 1.54) is 5.56 Å². The van der Waals surface area contributed by atoms with Crippen LogP contribution in [-0.2, 0) is 21.9 Å². The monoisotopic (exact) mass is 445 g/mol. The summed E-state index contributed by atoms with van der Waals surface area (Å²) in [6, 6.07) is 17.5. The average molecular weight is 446 g/mol. The second kappa shape index (κ2) is 12.5. The lowest BCUT2D eigenvalue weighted by Gasteiger charge is -2.20. The molecule has 0 saturated heterocycles. The van der Waals surface area contributed by atoms with Crippen LogP contribution in [0.1, 0.15) is 18.1 Å². The van der Waals surface area contributed by atoms with Crippen LogP contribution in [0.15, 0.2) is 54.6 Å². The standard InChI is InChI=1S/C23H31N3O2S2/c1-17(14-29)22(27)25-21(23(28)24-13-18-7-5-4-6-8-18)16-30-15-19-9-11-20(12-10-19)26(2)3/h4-12,17,21,29H,13-16H2,1-3H3,(H,24,28)(H,25,27)/t17-,21+/m1/s1. The minimum Gasteiger partial charge on any atom is -0.378 e. The van der Waals surface area contributed by atoms with Crippen molar-refractivity contribution in [3.8, 4) is 0 Å². The van der Waals surface area contributed by atoms with Crippen LogP contribution in [0.4, 0.5) is 5.69 Å². The van der Waals surface area contributed by atoms with Gasteiger partial charge < -0.3 is 15.5 Å². The third-order valence-electron chi connectivity index (χ3n) is 4.67. The van der Waals surface area contributed by atoms with Crippen LogP contribution in [0.2, 0.25) is 0 Å². The molecule has 2 aromatic carbocycles. The second-order valence-corrected chi connectivity index (χ2v) is 8.82. The van der Waals surface area contributed by atoms with Crippen molar-refractivity contribution in [2.45, 2.75) is 25.3 Å². The van der Waals surface area contributed by atoms with Crippen molar-refractivity contribution in [3.63, 3.8) is 0 Å². The highest BCUT2D eigenvalue weighted by Gasteiger charge is 2.23. The van der Waals surface area contributed by atoms with E-state index in [-0.39, 0.29) is 17.7 Å². The Kier molecular flexibility index (Phi) is 10.1. The Morgan fingerprint density at radius 3 is 2.27 bits per heavy atom. The Labute approximate surface area is 189 Å². The second-order valence-electron chi connectivity index (χ2n) is 7.42. The van der Waals surface area contributed by atoms with E-state index in [9.17, 15) is 9.59 Å². The zero-order valence-corrected chi connectivity index (χ0v) is 19.5. The molecule has 0 bridgehead atoms. The largest absolute Gasteiger partial charge is 0.378 e. The molecule has 0 aliphatic rings. The van der Waals surface area contributed by atoms with Gasteiger partial charge in [0.15, 0.2) is 0 Å². The molecule has 2 rings (SSSR count). The van der Waals surface area contributed by atoms with Gasteiger partial charge >= 0.3 is 0 Å². The molecule has 0 saturated carbocycles. The van der Waals surface area contributed by atoms with Gasteiger partial charge in [-0.15, -0.1) is 0 Å². The summed E-state index contributed by atoms with van der Waals surface area (Å²) in [4.78, 5) is 27.2. The molecule has 2 atom stereocenters. The quantitative estimate of drug-likeness (QED) is 0.464. The molecule has 5 nitrogen and oxygen atoms in total. The Balaban J connectivity index is 1.94. The van der Waals surface area contributed by atoms with Crippen molar-refractivity contribution >= 4 is 41.9 Å². The van der Waals surface area contributed by atoms with E-state index in [1.54, 1.807) is 18.7 Å². The van der Waals surface area contributed by atoms with Crippen molar-refractivity contribution < 1.29 is 9.59 Å². The zero-order chi connectivity index (χ0) is 21.9. The number of thioether (sulfide) groups is 1. The number of anilines is 1. The van der Waals surface area contributed by atoms with Gasteiger partial charge in [0.25, 0.3) is 0 Å². The number of rotatable bonds is 11. The molecule has 0 fully saturated rings. The fraction of sp³-hybridized carbons (Fsp3) is 0.391. The number of amides is 2. The highest BCUT2D eigenvalue weighted by molar-refractivity contribution is 7.98. The summed E-state index contributed by atoms with van der Waals surface area (Å²) in [5.74, 6) is 1.14. The summed E-state index contributed by atoms with van der Waals surface area (Å²) < 4.78 is 0. The summed E-state index contributed by atoms with van der Waals surface area (Å²) >= 11 is 5.82. The van der Waals surface area contributed by atoms with Crippen LogP contribution < -0.4 is 15.5 Å². The third-order valence-corrected chi connectivity index (χ3v) is 6.32. The van der Waals surface area contributed by atoms with Crippen LogP contribution in [0.3, 0.4) is 0 Å². The van der Waals surface area contributed by atoms with Crippen LogP contribution in [0.25, 0.3) is 0 Å². The SMILES string of the molecule is C[C@H](CS)C(=O)N[C@@H](CSCc1ccc(N(C)C)cc1)C(=O)NCc1ccccc1. The van der Waals surface area contributed by atoms with E-state index in [1.807, 2.05) is 44.4 Å². The maximum absolute atomic E-state index is 12.8. The van der Waals surface area contributed by atoms with Crippen LogP contribution in [0, 0.1) is 5.92 Å². The molecule has 0 aliphatic heterocycles. The molecule has 0 spiro atoms. The number of nitrogens with one attached hydrogen (secondary N) is 2. The minimum absolute atomic E-state index is 0.152. The number of nitrogens with zero attached hydrogens (tertiary/aromatic N) is 1. The van der Waals surface area contributed by atoms with Gasteiger partial charge in [-0.1, -0.05) is 49.4 Å². The molecule has 2 N–H and O–H groups in total. The van der Waals surface area contributed by atoms with E-state index in [2.05, 4.69) is 52.4 Å². The number of hydrogen-bond acceptors (Lipinski definition) is 5. The summed E-state index contributed by atoms with van der Waals surface area (Å²) in [6.07, 6.45) is 0. The summed E-state index contributed by atoms with van der Waals surface area (Å²) in [7, 11) is 4.02. The van der Waals surface area contributed by atoms with Gasteiger partial charge in [0.1, 0.15) is 6.04 Å². The van der Waals surface area contributed by atoms with Gasteiger partial charge in [-0.25, -0.2) is 0 Å². The Morgan fingerprint density at radius 1 is 1.00 bits per heavy atom. The zero-order valence-electron chi connectivity index (χ0n) is 17.8. The van der Waals surface area contributed by atoms with E-state index >= 15 is 0 Å². The fourth-order valence-electron chi connectivity index (χ4n) is 2.67. The molecule has 162 valence electrons. The van der Waals surface area contributed by atoms with Crippen molar-refractivity contribution in [1.29, 1.82) is 0 Å². The van der Waals surface area contributed by atoms with E-state index in [0.717, 1.165) is 17.0 Å². The molecule has 0 radical (unpaired) electrons. The predicted octanol–water partition coefficient (Wildman–Crippen LogP) is 3.35. The summed E-state index contributed by atoms with van der Waals surface area (Å²) in [6.45, 7) is 2.24. The Morgan fingerprint density at radius 2 is 1.67 bits per heavy atom. The molecule has 2 aromatic rings. The minimum atomic E-state index is -0.588. The maximum Gasteiger partial charge on any atom is 0.243 e. The van der Waals surface area contributed by atoms with Gasteiger partial charge in [-0.3, -0.25) is 9.59 Å². The van der Waals surface area contributed by atoms with Gasteiger partial charge in [0.2, 0.25) is 11.8 Å². The normalized spacial score (nSPS) is 12.7. The lowest BCUT2D eigenvalue weighted by molar-refractivity contribution is -0.130. The molecule has 30 heavy (non-hydrogen) atoms. The van der Waals surface area contributed by atoms with Crippen molar-refractivity contribution in [2.75, 3.05) is 30.5 Å². The van der Waals surface area contributed by atoms with Gasteiger partial charge in [0, 0.05) is 49.5 Å². The number of carbonyl (C=O) groups excluding carboxylic acids is 2. The highest BCUT2D eigenvalue weighted by atomic mass is 32.2. The molecule has 0 aliphatic carbocycles. The molecule has 0 heterocycles. The Bertz CT molecular complexity index is 798. The first-order chi connectivity index (χ1) is 14.4. The van der Waals surface area contributed by atoms with Crippen LogP contribution >= 0.6 is 24.4 Å². The molecular formula is C23H31N3O2S2. The first kappa shape index (κ1) is 24.2. The summed E-state index contributed by atoms with van der Waals surface area (Å²) in [5.41, 5.74) is 3.35. The first-order valence-corrected chi connectivity index (χ1v) is 11.8. The average Bonchev–Trinajstić information content (AvgIpc) is 2.77. The van der Waals surface area contributed by atoms with Gasteiger partial charge in [0.05, 0.1) is 0 Å². The maximum atomic E-state index is 12.8. The van der Waals surface area contributed by atoms with Gasteiger partial charge in [-0.05, 0) is 23.3 Å². The number of benzene rings is 2. The molecule has 2 amide bonds. The molecule has 0 unspecified atom stereocenters. The number of carbonyl (C=O) groups is 2. The lowest BCUT2D eigenvalue weighted by Crippen LogP contribution is -2.49. The van der Waals surface area contributed by atoms with Crippen molar-refractivity contribution in [3.05, 3.63) is 65.7 Å². The van der Waals surface area contributed by atoms with Crippen molar-refractivity contribution in [1.82, 2.24) is 10.6 Å². The molecular weight excluding hydrogens is 414 g/mol. The van der Waals surface area contributed by atoms with Crippen LogP contribution in [0.5, 0.6) is 0 Å². The number of thiol groups is 1. The molecule has 0 aromatic heterocycles. The third kappa shape index (κ3) is 7.95. The summed E-state index contributed by atoms with van der Waals surface area (Å²) in [5, 5.41) is 5.83. The predicted molar refractivity (Wildman–Crippen MR) is 130 cm³/mol. The van der Waals surface area contributed by atoms with E-state index in [4.69, 9.17) is 0 Å². The van der Waals surface area contributed by atoms with E-state index < -0.39 is 6.04 Å². The van der Waals surface area contributed by atoms with E-state index in [0.29, 0.717) is 18.1 Å². The fourth-order valence-corrected chi connectivity index (χ4v) is 3.86. The van der Waals surface area contributed by atoms with Gasteiger partial charge in [-0.2, -0.15) is 24.4 Å². The smallest absolute Gasteiger partial charge is 0.243 e.